The molecule has 3 fully saturated rings. The number of aliphatic hydroxyl groups is 1. The smallest absolute Gasteiger partial charge is 0.313 e. The van der Waals surface area contributed by atoms with Crippen molar-refractivity contribution in [3.05, 3.63) is 126 Å². The van der Waals surface area contributed by atoms with Crippen LogP contribution in [0, 0.1) is 25.7 Å². The van der Waals surface area contributed by atoms with Crippen LogP contribution in [0.15, 0.2) is 104 Å². The van der Waals surface area contributed by atoms with E-state index >= 15 is 9.59 Å². The molecule has 1 spiro atoms. The number of hydrogen-bond acceptors (Lipinski definition) is 7. The van der Waals surface area contributed by atoms with Gasteiger partial charge < -0.3 is 29.3 Å². The molecule has 0 aliphatic carbocycles. The van der Waals surface area contributed by atoms with E-state index in [1.807, 2.05) is 99.6 Å². The molecule has 0 unspecified atom stereocenters. The maximum atomic E-state index is 15.2. The van der Waals surface area contributed by atoms with Crippen molar-refractivity contribution in [3.63, 3.8) is 0 Å². The van der Waals surface area contributed by atoms with Crippen molar-refractivity contribution in [2.24, 2.45) is 11.8 Å². The molecule has 0 saturated carbocycles. The van der Waals surface area contributed by atoms with Gasteiger partial charge in [-0.05, 0) is 68.4 Å². The molecule has 3 saturated heterocycles. The molecule has 6 rings (SSSR count). The van der Waals surface area contributed by atoms with Gasteiger partial charge in [0.25, 0.3) is 5.91 Å². The summed E-state index contributed by atoms with van der Waals surface area (Å²) in [5, 5.41) is 11.0. The minimum atomic E-state index is -1.35. The van der Waals surface area contributed by atoms with E-state index in [0.29, 0.717) is 36.1 Å². The Hall–Kier alpha value is -5.06. The summed E-state index contributed by atoms with van der Waals surface area (Å²) in [6, 6.07) is 21.6. The zero-order valence-electron chi connectivity index (χ0n) is 31.6. The number of ether oxygens (including phenoxy) is 2. The van der Waals surface area contributed by atoms with E-state index in [9.17, 15) is 14.7 Å². The van der Waals surface area contributed by atoms with Gasteiger partial charge in [0.15, 0.2) is 0 Å². The van der Waals surface area contributed by atoms with E-state index in [-0.39, 0.29) is 24.8 Å². The summed E-state index contributed by atoms with van der Waals surface area (Å²) in [7, 11) is 1.69. The van der Waals surface area contributed by atoms with Gasteiger partial charge in [0, 0.05) is 25.7 Å². The lowest BCUT2D eigenvalue weighted by Crippen LogP contribution is -2.57. The van der Waals surface area contributed by atoms with Gasteiger partial charge in [0.2, 0.25) is 11.8 Å². The molecule has 10 heteroatoms. The first kappa shape index (κ1) is 38.7. The van der Waals surface area contributed by atoms with Crippen LogP contribution in [0.2, 0.25) is 0 Å². The number of likely N-dealkylation sites (N-methyl/N-ethyl adjacent to an activating group) is 1. The van der Waals surface area contributed by atoms with E-state index in [0.717, 1.165) is 11.1 Å². The van der Waals surface area contributed by atoms with Crippen LogP contribution in [0.3, 0.4) is 0 Å². The second kappa shape index (κ2) is 16.1. The number of rotatable bonds is 15. The zero-order valence-corrected chi connectivity index (χ0v) is 31.6. The summed E-state index contributed by atoms with van der Waals surface area (Å²) in [4.78, 5) is 62.8. The molecule has 8 atom stereocenters. The number of nitrogens with zero attached hydrogens (tertiary/aromatic N) is 3. The van der Waals surface area contributed by atoms with Crippen LogP contribution in [0.5, 0.6) is 0 Å². The Labute approximate surface area is 318 Å². The van der Waals surface area contributed by atoms with Gasteiger partial charge in [0.05, 0.1) is 36.6 Å². The summed E-state index contributed by atoms with van der Waals surface area (Å²) in [6.45, 7) is 13.1. The van der Waals surface area contributed by atoms with E-state index in [1.165, 1.54) is 4.90 Å². The Bertz CT molecular complexity index is 1880. The average Bonchev–Trinajstić information content (AvgIpc) is 3.83. The number of hydrogen-bond donors (Lipinski definition) is 1. The first-order chi connectivity index (χ1) is 26.0. The molecule has 3 aromatic rings. The molecule has 3 heterocycles. The number of benzene rings is 3. The van der Waals surface area contributed by atoms with Gasteiger partial charge in [-0.25, -0.2) is 0 Å². The van der Waals surface area contributed by atoms with Crippen LogP contribution in [-0.2, 0) is 28.7 Å². The second-order valence-electron chi connectivity index (χ2n) is 14.8. The minimum absolute atomic E-state index is 0.117. The molecular weight excluding hydrogens is 682 g/mol. The molecule has 284 valence electrons. The van der Waals surface area contributed by atoms with Gasteiger partial charge in [-0.15, -0.1) is 13.2 Å². The zero-order chi connectivity index (χ0) is 38.7. The fourth-order valence-electron chi connectivity index (χ4n) is 8.72. The standard InChI is InChI=1S/C44H51N3O7/c1-7-9-20-36(49)45(6)30(5)39(32-18-14-11-15-19-32)53-43(52)37-35-23-24-44(54-35)38(37)41(50)47(34(27-48)31-16-12-10-13-17-31)40(44)42(51)46(25-8-2)33-26-28(3)21-22-29(33)4/h7-8,10-19,21-22,26,30,34-35,37-40,48H,1-2,9,20,23-25,27H2,3-6H3/t30-,34-,35-,37+,38+,39+,40-,44+/m1/s1. The molecule has 3 aliphatic heterocycles. The number of allylic oxidation sites excluding steroid dienone is 1. The van der Waals surface area contributed by atoms with Gasteiger partial charge >= 0.3 is 5.97 Å². The highest BCUT2D eigenvalue weighted by molar-refractivity contribution is 6.05. The van der Waals surface area contributed by atoms with Crippen LogP contribution in [-0.4, -0.2) is 82.6 Å². The largest absolute Gasteiger partial charge is 0.455 e. The van der Waals surface area contributed by atoms with Crippen molar-refractivity contribution in [2.45, 2.75) is 82.4 Å². The van der Waals surface area contributed by atoms with E-state index < -0.39 is 66.3 Å². The van der Waals surface area contributed by atoms with Crippen molar-refractivity contribution >= 4 is 29.4 Å². The van der Waals surface area contributed by atoms with Gasteiger partial charge in [-0.1, -0.05) is 84.9 Å². The predicted molar refractivity (Wildman–Crippen MR) is 206 cm³/mol. The normalized spacial score (nSPS) is 24.3. The highest BCUT2D eigenvalue weighted by Crippen LogP contribution is 2.60. The van der Waals surface area contributed by atoms with E-state index in [1.54, 1.807) is 29.0 Å². The third-order valence-electron chi connectivity index (χ3n) is 11.5. The lowest BCUT2D eigenvalue weighted by molar-refractivity contribution is -0.165. The Morgan fingerprint density at radius 1 is 1.02 bits per heavy atom. The molecule has 1 N–H and O–H groups in total. The second-order valence-corrected chi connectivity index (χ2v) is 14.8. The van der Waals surface area contributed by atoms with Crippen LogP contribution in [0.25, 0.3) is 0 Å². The van der Waals surface area contributed by atoms with Gasteiger partial charge in [-0.3, -0.25) is 19.2 Å². The predicted octanol–water partition coefficient (Wildman–Crippen LogP) is 6.03. The Morgan fingerprint density at radius 3 is 2.31 bits per heavy atom. The Morgan fingerprint density at radius 2 is 1.69 bits per heavy atom. The van der Waals surface area contributed by atoms with Gasteiger partial charge in [-0.2, -0.15) is 0 Å². The molecule has 0 aromatic heterocycles. The van der Waals surface area contributed by atoms with Crippen LogP contribution < -0.4 is 4.90 Å². The number of amides is 3. The molecule has 3 amide bonds. The van der Waals surface area contributed by atoms with Crippen LogP contribution >= 0.6 is 0 Å². The first-order valence-corrected chi connectivity index (χ1v) is 18.8. The van der Waals surface area contributed by atoms with Crippen molar-refractivity contribution in [1.29, 1.82) is 0 Å². The summed E-state index contributed by atoms with van der Waals surface area (Å²) >= 11 is 0. The fourth-order valence-corrected chi connectivity index (χ4v) is 8.72. The average molecular weight is 734 g/mol. The third-order valence-corrected chi connectivity index (χ3v) is 11.5. The van der Waals surface area contributed by atoms with Crippen LogP contribution in [0.4, 0.5) is 5.69 Å². The molecule has 10 nitrogen and oxygen atoms in total. The van der Waals surface area contributed by atoms with E-state index in [2.05, 4.69) is 13.2 Å². The van der Waals surface area contributed by atoms with E-state index in [4.69, 9.17) is 9.47 Å². The number of aliphatic hydroxyl groups excluding tert-OH is 1. The number of anilines is 1. The molecule has 3 aliphatic rings. The monoisotopic (exact) mass is 733 g/mol. The van der Waals surface area contributed by atoms with Crippen molar-refractivity contribution < 1.29 is 33.8 Å². The van der Waals surface area contributed by atoms with Crippen molar-refractivity contribution in [2.75, 3.05) is 25.1 Å². The summed E-state index contributed by atoms with van der Waals surface area (Å²) in [5.41, 5.74) is 2.51. The fraction of sp³-hybridized carbons (Fsp3) is 0.409. The SMILES string of the molecule is C=CCCC(=O)N(C)[C@H](C)[C@H](OC(=O)[C@@H]1[C@H]2C(=O)N([C@H](CO)c3ccccc3)[C@H](C(=O)N(CC=C)c3cc(C)ccc3C)[C@]23CC[C@H]1O3)c1ccccc1. The topological polar surface area (TPSA) is 117 Å². The lowest BCUT2D eigenvalue weighted by Gasteiger charge is -2.39. The Balaban J connectivity index is 1.41. The highest BCUT2D eigenvalue weighted by Gasteiger charge is 2.76. The summed E-state index contributed by atoms with van der Waals surface area (Å²) in [5.74, 6) is -3.62. The quantitative estimate of drug-likeness (QED) is 0.150. The Kier molecular flexibility index (Phi) is 11.5. The van der Waals surface area contributed by atoms with Gasteiger partial charge in [0.1, 0.15) is 17.7 Å². The van der Waals surface area contributed by atoms with Crippen molar-refractivity contribution in [1.82, 2.24) is 9.80 Å². The maximum absolute atomic E-state index is 15.2. The lowest BCUT2D eigenvalue weighted by atomic mass is 9.70. The number of carbonyl (C=O) groups excluding carboxylic acids is 4. The number of esters is 1. The minimum Gasteiger partial charge on any atom is -0.455 e. The number of aryl methyl sites for hydroxylation is 2. The molecule has 0 radical (unpaired) electrons. The highest BCUT2D eigenvalue weighted by atomic mass is 16.6. The molecule has 54 heavy (non-hydrogen) atoms. The van der Waals surface area contributed by atoms with Crippen LogP contribution in [0.1, 0.15) is 67.0 Å². The maximum Gasteiger partial charge on any atom is 0.313 e. The number of likely N-dealkylation sites (tertiary alicyclic amines) is 1. The molecular formula is C44H51N3O7. The summed E-state index contributed by atoms with van der Waals surface area (Å²) < 4.78 is 13.2. The number of carbonyl (C=O) groups is 4. The first-order valence-electron chi connectivity index (χ1n) is 18.8. The third kappa shape index (κ3) is 6.89. The molecule has 2 bridgehead atoms. The number of fused-ring (bicyclic) bond motifs is 1. The van der Waals surface area contributed by atoms with Crippen molar-refractivity contribution in [3.8, 4) is 0 Å². The summed E-state index contributed by atoms with van der Waals surface area (Å²) in [6.07, 6.45) is 3.40. The molecule has 3 aromatic carbocycles.